The maximum atomic E-state index is 13.7. The number of anilines is 1. The zero-order valence-corrected chi connectivity index (χ0v) is 12.6. The highest BCUT2D eigenvalue weighted by Gasteiger charge is 2.15. The number of benzene rings is 2. The number of amides is 1. The molecule has 0 aliphatic heterocycles. The number of carbonyl (C=O) groups is 1. The molecule has 0 aliphatic carbocycles. The Hall–Kier alpha value is -3.36. The zero-order valence-electron chi connectivity index (χ0n) is 12.6. The highest BCUT2D eigenvalue weighted by molar-refractivity contribution is 5.94. The number of nitrogens with one attached hydrogen (secondary N) is 1. The van der Waals surface area contributed by atoms with Crippen molar-refractivity contribution in [2.45, 2.75) is 6.54 Å². The van der Waals surface area contributed by atoms with Crippen LogP contribution in [-0.4, -0.2) is 16.1 Å². The Bertz CT molecular complexity index is 926. The first-order valence-corrected chi connectivity index (χ1v) is 7.05. The Morgan fingerprint density at radius 2 is 1.80 bits per heavy atom. The first-order chi connectivity index (χ1) is 11.9. The maximum absolute atomic E-state index is 13.7. The van der Waals surface area contributed by atoms with Crippen molar-refractivity contribution in [3.63, 3.8) is 0 Å². The van der Waals surface area contributed by atoms with Crippen LogP contribution in [0.5, 0.6) is 0 Å². The topological polar surface area (TPSA) is 94.0 Å². The molecular formula is C16H11F3N4O2. The van der Waals surface area contributed by atoms with Crippen LogP contribution in [0.3, 0.4) is 0 Å². The van der Waals surface area contributed by atoms with E-state index in [-0.39, 0.29) is 24.0 Å². The van der Waals surface area contributed by atoms with E-state index in [1.807, 2.05) is 0 Å². The van der Waals surface area contributed by atoms with E-state index in [1.54, 1.807) is 0 Å². The molecule has 0 bridgehead atoms. The van der Waals surface area contributed by atoms with E-state index in [0.717, 1.165) is 6.07 Å². The summed E-state index contributed by atoms with van der Waals surface area (Å²) < 4.78 is 45.5. The van der Waals surface area contributed by atoms with Crippen molar-refractivity contribution < 1.29 is 22.4 Å². The van der Waals surface area contributed by atoms with Gasteiger partial charge < -0.3 is 15.5 Å². The monoisotopic (exact) mass is 348 g/mol. The van der Waals surface area contributed by atoms with Crippen LogP contribution < -0.4 is 11.1 Å². The van der Waals surface area contributed by atoms with Crippen LogP contribution in [-0.2, 0) is 6.54 Å². The molecule has 128 valence electrons. The summed E-state index contributed by atoms with van der Waals surface area (Å²) >= 11 is 0. The number of carbonyl (C=O) groups excluding carboxylic acids is 1. The fourth-order valence-electron chi connectivity index (χ4n) is 2.08. The molecule has 0 spiro atoms. The summed E-state index contributed by atoms with van der Waals surface area (Å²) in [4.78, 5) is 11.1. The van der Waals surface area contributed by atoms with Gasteiger partial charge in [0, 0.05) is 11.6 Å². The molecule has 0 aliphatic rings. The highest BCUT2D eigenvalue weighted by atomic mass is 19.1. The van der Waals surface area contributed by atoms with Crippen LogP contribution in [0.15, 0.2) is 40.8 Å². The van der Waals surface area contributed by atoms with E-state index >= 15 is 0 Å². The first-order valence-electron chi connectivity index (χ1n) is 7.05. The smallest absolute Gasteiger partial charge is 0.251 e. The van der Waals surface area contributed by atoms with Gasteiger partial charge in [0.15, 0.2) is 0 Å². The van der Waals surface area contributed by atoms with E-state index in [2.05, 4.69) is 15.5 Å². The minimum atomic E-state index is -1.05. The average Bonchev–Trinajstić information content (AvgIpc) is 3.03. The summed E-state index contributed by atoms with van der Waals surface area (Å²) in [6.07, 6.45) is 0. The van der Waals surface area contributed by atoms with E-state index in [1.165, 1.54) is 24.3 Å². The van der Waals surface area contributed by atoms with Crippen LogP contribution in [0, 0.1) is 17.5 Å². The molecule has 1 amide bonds. The third-order valence-corrected chi connectivity index (χ3v) is 3.31. The molecule has 1 aromatic heterocycles. The molecule has 0 unspecified atom stereocenters. The minimum Gasteiger partial charge on any atom is -0.419 e. The van der Waals surface area contributed by atoms with Gasteiger partial charge in [-0.3, -0.25) is 4.79 Å². The molecule has 0 saturated carbocycles. The number of primary amides is 1. The highest BCUT2D eigenvalue weighted by Crippen LogP contribution is 2.21. The summed E-state index contributed by atoms with van der Waals surface area (Å²) in [5.74, 6) is -3.09. The minimum absolute atomic E-state index is 0.0745. The Morgan fingerprint density at radius 3 is 2.48 bits per heavy atom. The van der Waals surface area contributed by atoms with Crippen LogP contribution >= 0.6 is 0 Å². The number of hydrogen-bond donors (Lipinski definition) is 2. The molecule has 0 fully saturated rings. The summed E-state index contributed by atoms with van der Waals surface area (Å²) in [6, 6.07) is 6.95. The van der Waals surface area contributed by atoms with Gasteiger partial charge in [-0.2, -0.15) is 0 Å². The Kier molecular flexibility index (Phi) is 4.38. The predicted molar refractivity (Wildman–Crippen MR) is 81.9 cm³/mol. The third kappa shape index (κ3) is 3.60. The predicted octanol–water partition coefficient (Wildman–Crippen LogP) is 2.86. The summed E-state index contributed by atoms with van der Waals surface area (Å²) in [7, 11) is 0. The van der Waals surface area contributed by atoms with E-state index in [4.69, 9.17) is 10.2 Å². The molecule has 1 heterocycles. The van der Waals surface area contributed by atoms with Gasteiger partial charge in [0.25, 0.3) is 5.91 Å². The summed E-state index contributed by atoms with van der Waals surface area (Å²) in [5.41, 5.74) is 4.96. The second-order valence-electron chi connectivity index (χ2n) is 5.04. The van der Waals surface area contributed by atoms with Crippen LogP contribution in [0.25, 0.3) is 11.5 Å². The molecule has 9 heteroatoms. The molecule has 25 heavy (non-hydrogen) atoms. The number of nitrogens with zero attached hydrogens (tertiary/aromatic N) is 2. The number of rotatable bonds is 5. The second-order valence-corrected chi connectivity index (χ2v) is 5.04. The van der Waals surface area contributed by atoms with E-state index in [0.29, 0.717) is 11.6 Å². The van der Waals surface area contributed by atoms with Gasteiger partial charge in [0.05, 0.1) is 17.8 Å². The average molecular weight is 348 g/mol. The standard InChI is InChI=1S/C16H11F3N4O2/c17-9-3-1-8(2-4-9)16-23-22-14(25-16)7-21-13-5-10(15(20)24)11(18)6-12(13)19/h1-6,21H,7H2,(H2,20,24). The number of nitrogens with two attached hydrogens (primary N) is 1. The van der Waals surface area contributed by atoms with Gasteiger partial charge in [-0.05, 0) is 30.3 Å². The largest absolute Gasteiger partial charge is 0.419 e. The Balaban J connectivity index is 1.75. The van der Waals surface area contributed by atoms with Crippen molar-refractivity contribution in [2.24, 2.45) is 5.73 Å². The van der Waals surface area contributed by atoms with Crippen molar-refractivity contribution in [1.29, 1.82) is 0 Å². The van der Waals surface area contributed by atoms with Gasteiger partial charge in [0.1, 0.15) is 17.5 Å². The molecule has 0 saturated heterocycles. The SMILES string of the molecule is NC(=O)c1cc(NCc2nnc(-c3ccc(F)cc3)o2)c(F)cc1F. The molecule has 0 radical (unpaired) electrons. The van der Waals surface area contributed by atoms with Crippen LogP contribution in [0.1, 0.15) is 16.2 Å². The zero-order chi connectivity index (χ0) is 18.0. The second kappa shape index (κ2) is 6.63. The quantitative estimate of drug-likeness (QED) is 0.739. The summed E-state index contributed by atoms with van der Waals surface area (Å²) in [6.45, 7) is -0.0745. The van der Waals surface area contributed by atoms with Crippen molar-refractivity contribution in [2.75, 3.05) is 5.32 Å². The molecular weight excluding hydrogens is 337 g/mol. The van der Waals surface area contributed by atoms with E-state index < -0.39 is 28.9 Å². The third-order valence-electron chi connectivity index (χ3n) is 3.31. The summed E-state index contributed by atoms with van der Waals surface area (Å²) in [5, 5.41) is 10.2. The van der Waals surface area contributed by atoms with Crippen LogP contribution in [0.4, 0.5) is 18.9 Å². The number of halogens is 3. The lowest BCUT2D eigenvalue weighted by Crippen LogP contribution is -2.14. The van der Waals surface area contributed by atoms with Gasteiger partial charge in [-0.15, -0.1) is 10.2 Å². The number of hydrogen-bond acceptors (Lipinski definition) is 5. The lowest BCUT2D eigenvalue weighted by atomic mass is 10.1. The molecule has 0 atom stereocenters. The fraction of sp³-hybridized carbons (Fsp3) is 0.0625. The Labute approximate surface area is 139 Å². The van der Waals surface area contributed by atoms with E-state index in [9.17, 15) is 18.0 Å². The molecule has 6 nitrogen and oxygen atoms in total. The molecule has 2 aromatic carbocycles. The van der Waals surface area contributed by atoms with Crippen molar-refractivity contribution >= 4 is 11.6 Å². The fourth-order valence-corrected chi connectivity index (χ4v) is 2.08. The maximum Gasteiger partial charge on any atom is 0.251 e. The lowest BCUT2D eigenvalue weighted by Gasteiger charge is -2.07. The van der Waals surface area contributed by atoms with Gasteiger partial charge in [-0.1, -0.05) is 0 Å². The Morgan fingerprint density at radius 1 is 1.08 bits per heavy atom. The van der Waals surface area contributed by atoms with Gasteiger partial charge in [0.2, 0.25) is 11.8 Å². The van der Waals surface area contributed by atoms with Gasteiger partial charge >= 0.3 is 0 Å². The first kappa shape index (κ1) is 16.5. The van der Waals surface area contributed by atoms with Crippen molar-refractivity contribution in [3.8, 4) is 11.5 Å². The van der Waals surface area contributed by atoms with Crippen molar-refractivity contribution in [1.82, 2.24) is 10.2 Å². The molecule has 3 aromatic rings. The van der Waals surface area contributed by atoms with Crippen LogP contribution in [0.2, 0.25) is 0 Å². The normalized spacial score (nSPS) is 10.7. The van der Waals surface area contributed by atoms with Crippen molar-refractivity contribution in [3.05, 3.63) is 65.3 Å². The lowest BCUT2D eigenvalue weighted by molar-refractivity contribution is 0.0996. The number of aromatic nitrogens is 2. The molecule has 3 N–H and O–H groups in total. The van der Waals surface area contributed by atoms with Gasteiger partial charge in [-0.25, -0.2) is 13.2 Å². The molecule has 3 rings (SSSR count).